The van der Waals surface area contributed by atoms with Gasteiger partial charge in [0.05, 0.1) is 17.8 Å². The fourth-order valence-corrected chi connectivity index (χ4v) is 3.29. The normalized spacial score (nSPS) is 25.4. The molecular weight excluding hydrogens is 252 g/mol. The van der Waals surface area contributed by atoms with Crippen LogP contribution in [0.5, 0.6) is 0 Å². The molecule has 1 rings (SSSR count). The maximum atomic E-state index is 13.3. The van der Waals surface area contributed by atoms with Crippen LogP contribution in [0.15, 0.2) is 0 Å². The monoisotopic (exact) mass is 269 g/mol. The first-order valence-electron chi connectivity index (χ1n) is 5.53. The van der Waals surface area contributed by atoms with Crippen molar-refractivity contribution in [2.45, 2.75) is 50.8 Å². The average molecular weight is 269 g/mol. The molecule has 1 aliphatic heterocycles. The lowest BCUT2D eigenvalue weighted by atomic mass is 10.1. The van der Waals surface area contributed by atoms with Gasteiger partial charge < -0.3 is 0 Å². The van der Waals surface area contributed by atoms with Gasteiger partial charge >= 0.3 is 0 Å². The van der Waals surface area contributed by atoms with E-state index in [-0.39, 0.29) is 6.42 Å². The number of sulfonamides is 1. The Labute approximate surface area is 100 Å². The minimum atomic E-state index is -3.82. The van der Waals surface area contributed by atoms with Gasteiger partial charge in [0, 0.05) is 12.8 Å². The van der Waals surface area contributed by atoms with Gasteiger partial charge in [-0.1, -0.05) is 6.92 Å². The highest BCUT2D eigenvalue weighted by atomic mass is 32.2. The molecule has 100 valence electrons. The average Bonchev–Trinajstić information content (AvgIpc) is 2.53. The Morgan fingerprint density at radius 2 is 2.00 bits per heavy atom. The molecular formula is C10H17F2NO3S. The van der Waals surface area contributed by atoms with E-state index in [1.165, 1.54) is 13.8 Å². The van der Waals surface area contributed by atoms with E-state index in [4.69, 9.17) is 0 Å². The summed E-state index contributed by atoms with van der Waals surface area (Å²) in [5.74, 6) is -3.57. The van der Waals surface area contributed by atoms with Crippen molar-refractivity contribution in [1.29, 1.82) is 0 Å². The van der Waals surface area contributed by atoms with Crippen molar-refractivity contribution in [1.82, 2.24) is 4.31 Å². The predicted molar refractivity (Wildman–Crippen MR) is 59.4 cm³/mol. The molecule has 1 fully saturated rings. The maximum Gasteiger partial charge on any atom is 0.263 e. The van der Waals surface area contributed by atoms with Gasteiger partial charge in [0.15, 0.2) is 5.78 Å². The zero-order chi connectivity index (χ0) is 13.4. The minimum absolute atomic E-state index is 0.0604. The molecule has 0 radical (unpaired) electrons. The first-order valence-corrected chi connectivity index (χ1v) is 7.03. The smallest absolute Gasteiger partial charge is 0.263 e. The summed E-state index contributed by atoms with van der Waals surface area (Å²) in [6.45, 7) is 3.49. The lowest BCUT2D eigenvalue weighted by Crippen LogP contribution is -2.43. The molecule has 0 aromatic carbocycles. The van der Waals surface area contributed by atoms with Crippen LogP contribution in [0.25, 0.3) is 0 Å². The van der Waals surface area contributed by atoms with E-state index in [9.17, 15) is 22.0 Å². The molecule has 0 aliphatic carbocycles. The second-order valence-electron chi connectivity index (χ2n) is 4.53. The molecule has 0 amide bonds. The van der Waals surface area contributed by atoms with Crippen LogP contribution in [-0.2, 0) is 14.8 Å². The SMILES string of the molecule is CCC(=O)[C@@H]1CC(F)(F)CN1S(=O)(=O)C(C)C. The summed E-state index contributed by atoms with van der Waals surface area (Å²) >= 11 is 0. The molecule has 0 aromatic rings. The molecule has 0 bridgehead atoms. The maximum absolute atomic E-state index is 13.3. The fourth-order valence-electron chi connectivity index (χ4n) is 1.84. The molecule has 17 heavy (non-hydrogen) atoms. The summed E-state index contributed by atoms with van der Waals surface area (Å²) in [5.41, 5.74) is 0. The van der Waals surface area contributed by atoms with Crippen molar-refractivity contribution in [3.8, 4) is 0 Å². The Bertz CT molecular complexity index is 406. The highest BCUT2D eigenvalue weighted by Crippen LogP contribution is 2.35. The molecule has 1 aliphatic rings. The Morgan fingerprint density at radius 3 is 2.41 bits per heavy atom. The van der Waals surface area contributed by atoms with Gasteiger partial charge in [-0.25, -0.2) is 17.2 Å². The number of ketones is 1. The third-order valence-corrected chi connectivity index (χ3v) is 5.10. The first kappa shape index (κ1) is 14.5. The van der Waals surface area contributed by atoms with Crippen molar-refractivity contribution < 1.29 is 22.0 Å². The van der Waals surface area contributed by atoms with Gasteiger partial charge in [-0.3, -0.25) is 4.79 Å². The number of halogens is 2. The van der Waals surface area contributed by atoms with Crippen molar-refractivity contribution in [2.24, 2.45) is 0 Å². The Hall–Kier alpha value is -0.560. The molecule has 1 atom stereocenters. The number of Topliss-reactive ketones (excluding diaryl/α,β-unsaturated/α-hetero) is 1. The van der Waals surface area contributed by atoms with Gasteiger partial charge in [-0.05, 0) is 13.8 Å². The van der Waals surface area contributed by atoms with Gasteiger partial charge in [-0.2, -0.15) is 4.31 Å². The van der Waals surface area contributed by atoms with Crippen LogP contribution in [0.3, 0.4) is 0 Å². The van der Waals surface area contributed by atoms with Crippen LogP contribution >= 0.6 is 0 Å². The van der Waals surface area contributed by atoms with E-state index in [0.717, 1.165) is 0 Å². The lowest BCUT2D eigenvalue weighted by molar-refractivity contribution is -0.122. The van der Waals surface area contributed by atoms with Crippen molar-refractivity contribution in [3.63, 3.8) is 0 Å². The van der Waals surface area contributed by atoms with Crippen LogP contribution in [0, 0.1) is 0 Å². The number of carbonyl (C=O) groups is 1. The molecule has 4 nitrogen and oxygen atoms in total. The van der Waals surface area contributed by atoms with E-state index >= 15 is 0 Å². The summed E-state index contributed by atoms with van der Waals surface area (Å²) in [5, 5.41) is -0.802. The summed E-state index contributed by atoms with van der Waals surface area (Å²) < 4.78 is 51.0. The Balaban J connectivity index is 3.09. The second-order valence-corrected chi connectivity index (χ2v) is 6.98. The first-order chi connectivity index (χ1) is 7.62. The summed E-state index contributed by atoms with van der Waals surface area (Å²) in [7, 11) is -3.82. The summed E-state index contributed by atoms with van der Waals surface area (Å²) in [6, 6.07) is -1.21. The predicted octanol–water partition coefficient (Wildman–Crippen LogP) is 1.41. The number of nitrogens with zero attached hydrogens (tertiary/aromatic N) is 1. The molecule has 0 unspecified atom stereocenters. The highest BCUT2D eigenvalue weighted by Gasteiger charge is 2.52. The lowest BCUT2D eigenvalue weighted by Gasteiger charge is -2.24. The molecule has 1 saturated heterocycles. The van der Waals surface area contributed by atoms with Crippen molar-refractivity contribution in [3.05, 3.63) is 0 Å². The topological polar surface area (TPSA) is 54.5 Å². The standard InChI is InChI=1S/C10H17F2NO3S/c1-4-9(14)8-5-10(11,12)6-13(8)17(15,16)7(2)3/h7-8H,4-6H2,1-3H3/t8-/m0/s1. The number of hydrogen-bond acceptors (Lipinski definition) is 3. The van der Waals surface area contributed by atoms with Gasteiger partial charge in [-0.15, -0.1) is 0 Å². The third kappa shape index (κ3) is 2.82. The van der Waals surface area contributed by atoms with E-state index < -0.39 is 46.0 Å². The van der Waals surface area contributed by atoms with E-state index in [0.29, 0.717) is 4.31 Å². The molecule has 0 N–H and O–H groups in total. The van der Waals surface area contributed by atoms with Gasteiger partial charge in [0.2, 0.25) is 10.0 Å². The molecule has 7 heteroatoms. The molecule has 0 aromatic heterocycles. The zero-order valence-corrected chi connectivity index (χ0v) is 10.9. The summed E-state index contributed by atoms with van der Waals surface area (Å²) in [6.07, 6.45) is -0.642. The Kier molecular flexibility index (Phi) is 3.93. The quantitative estimate of drug-likeness (QED) is 0.775. The van der Waals surface area contributed by atoms with Crippen LogP contribution in [0.1, 0.15) is 33.6 Å². The van der Waals surface area contributed by atoms with E-state index in [1.807, 2.05) is 0 Å². The number of carbonyl (C=O) groups excluding carboxylic acids is 1. The van der Waals surface area contributed by atoms with Crippen molar-refractivity contribution >= 4 is 15.8 Å². The highest BCUT2D eigenvalue weighted by molar-refractivity contribution is 7.89. The van der Waals surface area contributed by atoms with E-state index in [2.05, 4.69) is 0 Å². The zero-order valence-electron chi connectivity index (χ0n) is 10.1. The molecule has 0 spiro atoms. The van der Waals surface area contributed by atoms with Crippen LogP contribution in [-0.4, -0.2) is 42.3 Å². The van der Waals surface area contributed by atoms with Crippen molar-refractivity contribution in [2.75, 3.05) is 6.54 Å². The second kappa shape index (κ2) is 4.61. The fraction of sp³-hybridized carbons (Fsp3) is 0.900. The van der Waals surface area contributed by atoms with Gasteiger partial charge in [0.25, 0.3) is 5.92 Å². The van der Waals surface area contributed by atoms with E-state index in [1.54, 1.807) is 6.92 Å². The number of alkyl halides is 2. The van der Waals surface area contributed by atoms with Gasteiger partial charge in [0.1, 0.15) is 0 Å². The summed E-state index contributed by atoms with van der Waals surface area (Å²) in [4.78, 5) is 11.5. The van der Waals surface area contributed by atoms with Crippen LogP contribution < -0.4 is 0 Å². The largest absolute Gasteiger partial charge is 0.298 e. The third-order valence-electron chi connectivity index (χ3n) is 2.87. The number of rotatable bonds is 4. The van der Waals surface area contributed by atoms with Crippen LogP contribution in [0.4, 0.5) is 8.78 Å². The minimum Gasteiger partial charge on any atom is -0.298 e. The molecule has 0 saturated carbocycles. The molecule has 1 heterocycles. The van der Waals surface area contributed by atoms with Crippen LogP contribution in [0.2, 0.25) is 0 Å². The Morgan fingerprint density at radius 1 is 1.47 bits per heavy atom. The number of hydrogen-bond donors (Lipinski definition) is 0.